The maximum atomic E-state index is 12.8. The normalized spacial score (nSPS) is 24.6. The van der Waals surface area contributed by atoms with Crippen LogP contribution in [0.4, 0.5) is 13.2 Å². The minimum Gasteiger partial charge on any atom is -0.449 e. The van der Waals surface area contributed by atoms with Gasteiger partial charge in [0.05, 0.1) is 40.5 Å². The fourth-order valence-electron chi connectivity index (χ4n) is 5.34. The highest BCUT2D eigenvalue weighted by Gasteiger charge is 2.38. The van der Waals surface area contributed by atoms with Gasteiger partial charge >= 0.3 is 18.1 Å². The number of carbonyl (C=O) groups is 2. The Morgan fingerprint density at radius 2 is 1.92 bits per heavy atom. The van der Waals surface area contributed by atoms with Crippen LogP contribution >= 0.6 is 11.3 Å². The number of esters is 1. The lowest BCUT2D eigenvalue weighted by Gasteiger charge is -2.41. The number of likely N-dealkylation sites (tertiary alicyclic amines) is 2. The topological polar surface area (TPSA) is 72.0 Å². The monoisotopic (exact) mass is 525 g/mol. The second-order valence-electron chi connectivity index (χ2n) is 10.1. The average Bonchev–Trinajstić information content (AvgIpc) is 3.24. The molecule has 1 aromatic carbocycles. The van der Waals surface area contributed by atoms with Crippen molar-refractivity contribution in [3.63, 3.8) is 0 Å². The van der Waals surface area contributed by atoms with Gasteiger partial charge in [-0.05, 0) is 62.4 Å². The first kappa shape index (κ1) is 25.4. The number of nitrogens with zero attached hydrogens (tertiary/aromatic N) is 3. The molecule has 1 amide bonds. The Bertz CT molecular complexity index is 1110. The number of rotatable bonds is 4. The van der Waals surface area contributed by atoms with Crippen LogP contribution < -0.4 is 0 Å². The van der Waals surface area contributed by atoms with Gasteiger partial charge in [0.15, 0.2) is 6.61 Å². The molecule has 0 spiro atoms. The van der Waals surface area contributed by atoms with E-state index in [1.54, 1.807) is 11.3 Å². The second-order valence-corrected chi connectivity index (χ2v) is 11.2. The van der Waals surface area contributed by atoms with Crippen molar-refractivity contribution in [2.75, 3.05) is 39.5 Å². The minimum atomic E-state index is -4.68. The Morgan fingerprint density at radius 3 is 2.58 bits per heavy atom. The Labute approximate surface area is 211 Å². The molecule has 7 nitrogen and oxygen atoms in total. The highest BCUT2D eigenvalue weighted by atomic mass is 32.1. The van der Waals surface area contributed by atoms with Crippen molar-refractivity contribution in [3.8, 4) is 0 Å². The predicted octanol–water partition coefficient (Wildman–Crippen LogP) is 4.28. The van der Waals surface area contributed by atoms with Crippen LogP contribution in [0.25, 0.3) is 10.2 Å². The second kappa shape index (κ2) is 10.3. The number of aromatic nitrogens is 1. The highest BCUT2D eigenvalue weighted by molar-refractivity contribution is 7.18. The molecule has 3 fully saturated rings. The number of halogens is 3. The number of carbonyl (C=O) groups excluding carboxylic acids is 2. The first-order valence-electron chi connectivity index (χ1n) is 12.4. The average molecular weight is 526 g/mol. The van der Waals surface area contributed by atoms with Gasteiger partial charge in [0, 0.05) is 12.5 Å². The van der Waals surface area contributed by atoms with Crippen LogP contribution in [0.1, 0.15) is 55.1 Å². The summed E-state index contributed by atoms with van der Waals surface area (Å²) in [6.07, 6.45) is -1.10. The number of benzene rings is 1. The fourth-order valence-corrected chi connectivity index (χ4v) is 6.46. The van der Waals surface area contributed by atoms with Gasteiger partial charge in [0.2, 0.25) is 0 Å². The van der Waals surface area contributed by atoms with Crippen LogP contribution in [-0.4, -0.2) is 78.3 Å². The van der Waals surface area contributed by atoms with Crippen LogP contribution in [0.2, 0.25) is 0 Å². The first-order valence-corrected chi connectivity index (χ1v) is 13.3. The molecule has 2 aromatic rings. The zero-order valence-corrected chi connectivity index (χ0v) is 20.9. The first-order chi connectivity index (χ1) is 17.2. The van der Waals surface area contributed by atoms with Crippen molar-refractivity contribution in [2.24, 2.45) is 5.92 Å². The highest BCUT2D eigenvalue weighted by Crippen LogP contribution is 2.38. The quantitative estimate of drug-likeness (QED) is 0.439. The summed E-state index contributed by atoms with van der Waals surface area (Å²) >= 11 is 1.69. The molecule has 36 heavy (non-hydrogen) atoms. The Kier molecular flexibility index (Phi) is 7.24. The SMILES string of the molecule is C[C@H]1CC[C@H](c2ccc3sc(C4CCN(C5COC5)CC4)nc3c2)N(C(=O)C(=O)OCC(F)(F)F)C1. The van der Waals surface area contributed by atoms with Gasteiger partial charge in [0.1, 0.15) is 0 Å². The molecule has 5 rings (SSSR count). The summed E-state index contributed by atoms with van der Waals surface area (Å²) in [5, 5.41) is 1.12. The standard InChI is InChI=1S/C25H30F3N3O4S/c1-15-2-4-20(31(11-15)23(32)24(33)35-14-25(26,27)28)17-3-5-21-19(10-17)29-22(36-21)16-6-8-30(9-7-16)18-12-34-13-18/h3,5,10,15-16,18,20H,2,4,6-9,11-14H2,1H3/t15-,20+/m0/s1. The van der Waals surface area contributed by atoms with Gasteiger partial charge in [0.25, 0.3) is 0 Å². The van der Waals surface area contributed by atoms with Gasteiger partial charge in [-0.2, -0.15) is 13.2 Å². The van der Waals surface area contributed by atoms with Crippen molar-refractivity contribution >= 4 is 33.4 Å². The van der Waals surface area contributed by atoms with Gasteiger partial charge in [-0.3, -0.25) is 9.69 Å². The molecule has 4 heterocycles. The van der Waals surface area contributed by atoms with Crippen LogP contribution in [0, 0.1) is 5.92 Å². The molecule has 0 unspecified atom stereocenters. The van der Waals surface area contributed by atoms with E-state index in [-0.39, 0.29) is 12.5 Å². The summed E-state index contributed by atoms with van der Waals surface area (Å²) in [7, 11) is 0. The molecular weight excluding hydrogens is 495 g/mol. The van der Waals surface area contributed by atoms with Crippen LogP contribution in [0.3, 0.4) is 0 Å². The number of thiazole rings is 1. The van der Waals surface area contributed by atoms with E-state index < -0.39 is 30.7 Å². The number of piperidine rings is 2. The van der Waals surface area contributed by atoms with Gasteiger partial charge in [-0.15, -0.1) is 11.3 Å². The van der Waals surface area contributed by atoms with E-state index in [9.17, 15) is 22.8 Å². The minimum absolute atomic E-state index is 0.132. The molecule has 2 atom stereocenters. The lowest BCUT2D eigenvalue weighted by molar-refractivity contribution is -0.190. The van der Waals surface area contributed by atoms with Crippen molar-refractivity contribution in [1.29, 1.82) is 0 Å². The summed E-state index contributed by atoms with van der Waals surface area (Å²) in [5.41, 5.74) is 1.69. The number of hydrogen-bond donors (Lipinski definition) is 0. The van der Waals surface area contributed by atoms with Gasteiger partial charge in [-0.25, -0.2) is 9.78 Å². The molecule has 0 bridgehead atoms. The smallest absolute Gasteiger partial charge is 0.422 e. The van der Waals surface area contributed by atoms with Gasteiger partial charge in [-0.1, -0.05) is 13.0 Å². The molecule has 0 saturated carbocycles. The van der Waals surface area contributed by atoms with Crippen molar-refractivity contribution in [3.05, 3.63) is 28.8 Å². The molecule has 0 N–H and O–H groups in total. The lowest BCUT2D eigenvalue weighted by atomic mass is 9.89. The third-order valence-corrected chi connectivity index (χ3v) is 8.65. The summed E-state index contributed by atoms with van der Waals surface area (Å²) in [6, 6.07) is 6.03. The third-order valence-electron chi connectivity index (χ3n) is 7.45. The number of fused-ring (bicyclic) bond motifs is 1. The Balaban J connectivity index is 1.30. The Hall–Kier alpha value is -2.24. The van der Waals surface area contributed by atoms with E-state index in [1.165, 1.54) is 4.90 Å². The molecule has 3 aliphatic heterocycles. The maximum Gasteiger partial charge on any atom is 0.422 e. The predicted molar refractivity (Wildman–Crippen MR) is 128 cm³/mol. The van der Waals surface area contributed by atoms with E-state index in [1.807, 2.05) is 25.1 Å². The van der Waals surface area contributed by atoms with E-state index in [0.717, 1.165) is 66.4 Å². The largest absolute Gasteiger partial charge is 0.449 e. The van der Waals surface area contributed by atoms with Crippen LogP contribution in [0.15, 0.2) is 18.2 Å². The zero-order valence-electron chi connectivity index (χ0n) is 20.1. The van der Waals surface area contributed by atoms with Crippen LogP contribution in [-0.2, 0) is 19.1 Å². The lowest BCUT2D eigenvalue weighted by Crippen LogP contribution is -2.51. The summed E-state index contributed by atoms with van der Waals surface area (Å²) in [6.45, 7) is 4.21. The molecule has 11 heteroatoms. The zero-order chi connectivity index (χ0) is 25.4. The molecule has 0 radical (unpaired) electrons. The maximum absolute atomic E-state index is 12.8. The fraction of sp³-hybridized carbons (Fsp3) is 0.640. The van der Waals surface area contributed by atoms with Crippen molar-refractivity contribution in [2.45, 2.75) is 56.8 Å². The number of ether oxygens (including phenoxy) is 2. The third kappa shape index (κ3) is 5.52. The Morgan fingerprint density at radius 1 is 1.17 bits per heavy atom. The van der Waals surface area contributed by atoms with Crippen LogP contribution in [0.5, 0.6) is 0 Å². The van der Waals surface area contributed by atoms with E-state index in [2.05, 4.69) is 9.64 Å². The van der Waals surface area contributed by atoms with Crippen molar-refractivity contribution in [1.82, 2.24) is 14.8 Å². The van der Waals surface area contributed by atoms with Gasteiger partial charge < -0.3 is 14.4 Å². The number of hydrogen-bond acceptors (Lipinski definition) is 7. The molecule has 3 aliphatic rings. The number of amides is 1. The molecule has 3 saturated heterocycles. The van der Waals surface area contributed by atoms with E-state index in [4.69, 9.17) is 9.72 Å². The summed E-state index contributed by atoms with van der Waals surface area (Å²) < 4.78 is 48.0. The summed E-state index contributed by atoms with van der Waals surface area (Å²) in [5.74, 6) is -1.95. The van der Waals surface area contributed by atoms with Crippen molar-refractivity contribution < 1.29 is 32.2 Å². The molecule has 0 aliphatic carbocycles. The van der Waals surface area contributed by atoms with E-state index >= 15 is 0 Å². The van der Waals surface area contributed by atoms with E-state index in [0.29, 0.717) is 18.4 Å². The molecular formula is C25H30F3N3O4S. The number of alkyl halides is 3. The summed E-state index contributed by atoms with van der Waals surface area (Å²) in [4.78, 5) is 33.7. The molecule has 196 valence electrons. The molecule has 1 aromatic heterocycles.